The number of rotatable bonds is 6. The third-order valence-electron chi connectivity index (χ3n) is 2.28. The Labute approximate surface area is 97.6 Å². The lowest BCUT2D eigenvalue weighted by molar-refractivity contribution is 0.201. The lowest BCUT2D eigenvalue weighted by Crippen LogP contribution is -2.10. The topological polar surface area (TPSA) is 43.4 Å². The minimum absolute atomic E-state index is 0.351. The molecule has 1 unspecified atom stereocenters. The van der Waals surface area contributed by atoms with Gasteiger partial charge in [-0.25, -0.2) is 0 Å². The Bertz CT molecular complexity index is 398. The van der Waals surface area contributed by atoms with Crippen LogP contribution in [0.15, 0.2) is 30.3 Å². The van der Waals surface area contributed by atoms with Crippen LogP contribution in [-0.4, -0.2) is 14.7 Å². The van der Waals surface area contributed by atoms with Crippen molar-refractivity contribution in [1.82, 2.24) is 0 Å². The predicted octanol–water partition coefficient (Wildman–Crippen LogP) is 2.89. The van der Waals surface area contributed by atoms with Crippen LogP contribution in [0, 0.1) is 0 Å². The van der Waals surface area contributed by atoms with Crippen LogP contribution < -0.4 is 0 Å². The van der Waals surface area contributed by atoms with E-state index in [4.69, 9.17) is 4.18 Å². The van der Waals surface area contributed by atoms with Gasteiger partial charge in [0, 0.05) is 0 Å². The second kappa shape index (κ2) is 6.01. The molecule has 0 heterocycles. The van der Waals surface area contributed by atoms with Gasteiger partial charge in [-0.05, 0) is 12.0 Å². The molecule has 90 valence electrons. The molecular weight excluding hydrogens is 224 g/mol. The first-order chi connectivity index (χ1) is 7.53. The molecule has 16 heavy (non-hydrogen) atoms. The highest BCUT2D eigenvalue weighted by molar-refractivity contribution is 7.86. The fourth-order valence-electron chi connectivity index (χ4n) is 1.54. The molecule has 4 heteroatoms. The van der Waals surface area contributed by atoms with Crippen LogP contribution in [0.5, 0.6) is 0 Å². The number of hydrogen-bond acceptors (Lipinski definition) is 3. The van der Waals surface area contributed by atoms with Crippen molar-refractivity contribution in [3.63, 3.8) is 0 Å². The molecule has 0 saturated carbocycles. The Hall–Kier alpha value is -0.870. The Kier molecular flexibility index (Phi) is 4.96. The first kappa shape index (κ1) is 13.2. The summed E-state index contributed by atoms with van der Waals surface area (Å²) in [6.45, 7) is 2.07. The molecule has 1 rings (SSSR count). The third-order valence-corrected chi connectivity index (χ3v) is 2.86. The Morgan fingerprint density at radius 2 is 1.88 bits per heavy atom. The van der Waals surface area contributed by atoms with Crippen molar-refractivity contribution in [2.45, 2.75) is 32.3 Å². The highest BCUT2D eigenvalue weighted by Gasteiger charge is 2.16. The summed E-state index contributed by atoms with van der Waals surface area (Å²) in [7, 11) is -3.40. The Balaban J connectivity index is 2.79. The van der Waals surface area contributed by atoms with Gasteiger partial charge in [-0.3, -0.25) is 4.18 Å². The van der Waals surface area contributed by atoms with Gasteiger partial charge in [0.1, 0.15) is 6.10 Å². The molecule has 0 amide bonds. The van der Waals surface area contributed by atoms with Gasteiger partial charge in [-0.15, -0.1) is 0 Å². The highest BCUT2D eigenvalue weighted by Crippen LogP contribution is 2.24. The molecule has 0 aliphatic carbocycles. The molecule has 3 nitrogen and oxygen atoms in total. The molecular formula is C12H18O3S. The van der Waals surface area contributed by atoms with Gasteiger partial charge in [0.15, 0.2) is 0 Å². The maximum atomic E-state index is 11.2. The first-order valence-electron chi connectivity index (χ1n) is 5.46. The van der Waals surface area contributed by atoms with E-state index in [2.05, 4.69) is 6.92 Å². The second-order valence-corrected chi connectivity index (χ2v) is 5.44. The van der Waals surface area contributed by atoms with E-state index in [1.54, 1.807) is 0 Å². The van der Waals surface area contributed by atoms with Gasteiger partial charge in [0.05, 0.1) is 6.26 Å². The number of unbranched alkanes of at least 4 members (excludes halogenated alkanes) is 1. The fraction of sp³-hybridized carbons (Fsp3) is 0.500. The maximum Gasteiger partial charge on any atom is 0.264 e. The fourth-order valence-corrected chi connectivity index (χ4v) is 2.17. The van der Waals surface area contributed by atoms with Crippen molar-refractivity contribution in [1.29, 1.82) is 0 Å². The average molecular weight is 242 g/mol. The lowest BCUT2D eigenvalue weighted by Gasteiger charge is -2.16. The van der Waals surface area contributed by atoms with E-state index in [1.807, 2.05) is 30.3 Å². The second-order valence-electron chi connectivity index (χ2n) is 3.84. The number of hydrogen-bond donors (Lipinski definition) is 0. The van der Waals surface area contributed by atoms with E-state index in [9.17, 15) is 8.42 Å². The Morgan fingerprint density at radius 1 is 1.25 bits per heavy atom. The van der Waals surface area contributed by atoms with E-state index in [0.717, 1.165) is 31.1 Å². The van der Waals surface area contributed by atoms with Crippen molar-refractivity contribution in [3.05, 3.63) is 35.9 Å². The van der Waals surface area contributed by atoms with Crippen molar-refractivity contribution < 1.29 is 12.6 Å². The summed E-state index contributed by atoms with van der Waals surface area (Å²) in [5, 5.41) is 0. The van der Waals surface area contributed by atoms with Crippen molar-refractivity contribution in [2.24, 2.45) is 0 Å². The van der Waals surface area contributed by atoms with Crippen LogP contribution in [-0.2, 0) is 14.3 Å². The molecule has 1 atom stereocenters. The summed E-state index contributed by atoms with van der Waals surface area (Å²) in [6, 6.07) is 9.47. The zero-order valence-corrected chi connectivity index (χ0v) is 10.5. The van der Waals surface area contributed by atoms with Crippen molar-refractivity contribution in [3.8, 4) is 0 Å². The molecule has 0 spiro atoms. The van der Waals surface area contributed by atoms with E-state index in [0.29, 0.717) is 0 Å². The van der Waals surface area contributed by atoms with Crippen LogP contribution in [0.3, 0.4) is 0 Å². The summed E-state index contributed by atoms with van der Waals surface area (Å²) < 4.78 is 27.4. The van der Waals surface area contributed by atoms with Gasteiger partial charge in [0.25, 0.3) is 10.1 Å². The van der Waals surface area contributed by atoms with Crippen molar-refractivity contribution in [2.75, 3.05) is 6.26 Å². The largest absolute Gasteiger partial charge is 0.264 e. The maximum absolute atomic E-state index is 11.2. The molecule has 0 fully saturated rings. The SMILES string of the molecule is CCCCC(OS(C)(=O)=O)c1ccccc1. The quantitative estimate of drug-likeness (QED) is 0.720. The van der Waals surface area contributed by atoms with Gasteiger partial charge >= 0.3 is 0 Å². The van der Waals surface area contributed by atoms with Crippen LogP contribution in [0.1, 0.15) is 37.9 Å². The molecule has 0 radical (unpaired) electrons. The van der Waals surface area contributed by atoms with Crippen molar-refractivity contribution >= 4 is 10.1 Å². The molecule has 0 aliphatic rings. The predicted molar refractivity (Wildman–Crippen MR) is 64.6 cm³/mol. The monoisotopic (exact) mass is 242 g/mol. The smallest absolute Gasteiger partial charge is 0.262 e. The van der Waals surface area contributed by atoms with Gasteiger partial charge in [0.2, 0.25) is 0 Å². The summed E-state index contributed by atoms with van der Waals surface area (Å²) in [5.41, 5.74) is 0.918. The molecule has 0 aromatic heterocycles. The normalized spacial score (nSPS) is 13.6. The molecule has 1 aromatic carbocycles. The minimum Gasteiger partial charge on any atom is -0.262 e. The summed E-state index contributed by atoms with van der Waals surface area (Å²) in [5.74, 6) is 0. The van der Waals surface area contributed by atoms with E-state index in [1.165, 1.54) is 0 Å². The van der Waals surface area contributed by atoms with Crippen LogP contribution in [0.4, 0.5) is 0 Å². The standard InChI is InChI=1S/C12H18O3S/c1-3-4-10-12(15-16(2,13)14)11-8-6-5-7-9-11/h5-9,12H,3-4,10H2,1-2H3. The molecule has 0 saturated heterocycles. The lowest BCUT2D eigenvalue weighted by atomic mass is 10.0. The molecule has 0 aliphatic heterocycles. The van der Waals surface area contributed by atoms with E-state index in [-0.39, 0.29) is 6.10 Å². The van der Waals surface area contributed by atoms with E-state index < -0.39 is 10.1 Å². The summed E-state index contributed by atoms with van der Waals surface area (Å²) >= 11 is 0. The minimum atomic E-state index is -3.40. The van der Waals surface area contributed by atoms with Crippen LogP contribution in [0.25, 0.3) is 0 Å². The van der Waals surface area contributed by atoms with E-state index >= 15 is 0 Å². The first-order valence-corrected chi connectivity index (χ1v) is 7.28. The average Bonchev–Trinajstić information content (AvgIpc) is 2.24. The molecule has 1 aromatic rings. The summed E-state index contributed by atoms with van der Waals surface area (Å²) in [4.78, 5) is 0. The molecule has 0 bridgehead atoms. The Morgan fingerprint density at radius 3 is 2.38 bits per heavy atom. The zero-order chi connectivity index (χ0) is 12.0. The zero-order valence-electron chi connectivity index (χ0n) is 9.72. The summed E-state index contributed by atoms with van der Waals surface area (Å²) in [6.07, 6.45) is 3.45. The third kappa shape index (κ3) is 4.77. The van der Waals surface area contributed by atoms with Gasteiger partial charge in [-0.2, -0.15) is 8.42 Å². The number of benzene rings is 1. The van der Waals surface area contributed by atoms with Crippen LogP contribution >= 0.6 is 0 Å². The van der Waals surface area contributed by atoms with Crippen LogP contribution in [0.2, 0.25) is 0 Å². The molecule has 0 N–H and O–H groups in total. The van der Waals surface area contributed by atoms with Gasteiger partial charge < -0.3 is 0 Å². The van der Waals surface area contributed by atoms with Gasteiger partial charge in [-0.1, -0.05) is 50.1 Å². The highest BCUT2D eigenvalue weighted by atomic mass is 32.2.